The summed E-state index contributed by atoms with van der Waals surface area (Å²) < 4.78 is 1.86. The molecule has 1 aromatic carbocycles. The average molecular weight is 297 g/mol. The van der Waals surface area contributed by atoms with Gasteiger partial charge in [0, 0.05) is 25.5 Å². The molecule has 7 heteroatoms. The van der Waals surface area contributed by atoms with Gasteiger partial charge in [-0.2, -0.15) is 5.26 Å². The lowest BCUT2D eigenvalue weighted by molar-refractivity contribution is -0.136. The molecule has 0 atom stereocenters. The first kappa shape index (κ1) is 15.3. The van der Waals surface area contributed by atoms with Gasteiger partial charge in [0.25, 0.3) is 0 Å². The Bertz CT molecular complexity index is 730. The Morgan fingerprint density at radius 2 is 2.09 bits per heavy atom. The van der Waals surface area contributed by atoms with Gasteiger partial charge in [-0.25, -0.2) is 4.98 Å². The van der Waals surface area contributed by atoms with E-state index >= 15 is 0 Å². The van der Waals surface area contributed by atoms with Crippen molar-refractivity contribution >= 4 is 17.5 Å². The number of nitrogens with one attached hydrogen (secondary N) is 2. The fourth-order valence-electron chi connectivity index (χ4n) is 1.88. The van der Waals surface area contributed by atoms with Crippen LogP contribution in [0.3, 0.4) is 0 Å². The molecule has 0 unspecified atom stereocenters. The Kier molecular flexibility index (Phi) is 4.88. The Morgan fingerprint density at radius 1 is 1.32 bits per heavy atom. The molecule has 7 nitrogen and oxygen atoms in total. The van der Waals surface area contributed by atoms with Gasteiger partial charge in [0.2, 0.25) is 0 Å². The summed E-state index contributed by atoms with van der Waals surface area (Å²) in [5.74, 6) is -0.711. The summed E-state index contributed by atoms with van der Waals surface area (Å²) in [5.41, 5.74) is 0.619. The summed E-state index contributed by atoms with van der Waals surface area (Å²) in [5, 5.41) is 13.9. The SMILES string of the molecule is Cc1nccn1CCNC(=O)C(=O)Nc1ccccc1C#N. The van der Waals surface area contributed by atoms with Crippen molar-refractivity contribution in [3.05, 3.63) is 48.0 Å². The van der Waals surface area contributed by atoms with Crippen LogP contribution in [0.1, 0.15) is 11.4 Å². The van der Waals surface area contributed by atoms with Gasteiger partial charge in [-0.05, 0) is 19.1 Å². The summed E-state index contributed by atoms with van der Waals surface area (Å²) in [6.45, 7) is 2.69. The molecule has 0 aliphatic heterocycles. The highest BCUT2D eigenvalue weighted by molar-refractivity contribution is 6.39. The minimum absolute atomic E-state index is 0.303. The lowest BCUT2D eigenvalue weighted by Gasteiger charge is -2.08. The number of aromatic nitrogens is 2. The number of para-hydroxylation sites is 1. The minimum Gasteiger partial charge on any atom is -0.346 e. The molecule has 0 aliphatic rings. The van der Waals surface area contributed by atoms with Crippen LogP contribution in [0.25, 0.3) is 0 Å². The highest BCUT2D eigenvalue weighted by Crippen LogP contribution is 2.13. The standard InChI is InChI=1S/C15H15N5O2/c1-11-17-6-8-20(11)9-7-18-14(21)15(22)19-13-5-3-2-4-12(13)10-16/h2-6,8H,7,9H2,1H3,(H,18,21)(H,19,22). The second-order valence-corrected chi connectivity index (χ2v) is 4.54. The van der Waals surface area contributed by atoms with Crippen LogP contribution >= 0.6 is 0 Å². The van der Waals surface area contributed by atoms with E-state index < -0.39 is 11.8 Å². The van der Waals surface area contributed by atoms with Crippen molar-refractivity contribution in [1.29, 1.82) is 5.26 Å². The van der Waals surface area contributed by atoms with Gasteiger partial charge in [0.1, 0.15) is 11.9 Å². The zero-order valence-corrected chi connectivity index (χ0v) is 12.0. The highest BCUT2D eigenvalue weighted by atomic mass is 16.2. The molecule has 2 rings (SSSR count). The van der Waals surface area contributed by atoms with Crippen molar-refractivity contribution in [1.82, 2.24) is 14.9 Å². The van der Waals surface area contributed by atoms with Crippen molar-refractivity contribution < 1.29 is 9.59 Å². The maximum absolute atomic E-state index is 11.8. The second-order valence-electron chi connectivity index (χ2n) is 4.54. The van der Waals surface area contributed by atoms with Gasteiger partial charge in [-0.3, -0.25) is 9.59 Å². The maximum Gasteiger partial charge on any atom is 0.313 e. The normalized spacial score (nSPS) is 9.82. The van der Waals surface area contributed by atoms with Crippen LogP contribution in [0, 0.1) is 18.3 Å². The zero-order chi connectivity index (χ0) is 15.9. The van der Waals surface area contributed by atoms with E-state index in [2.05, 4.69) is 15.6 Å². The van der Waals surface area contributed by atoms with Gasteiger partial charge in [-0.15, -0.1) is 0 Å². The summed E-state index contributed by atoms with van der Waals surface area (Å²) >= 11 is 0. The molecule has 1 aromatic heterocycles. The molecule has 112 valence electrons. The highest BCUT2D eigenvalue weighted by Gasteiger charge is 2.14. The Labute approximate surface area is 127 Å². The summed E-state index contributed by atoms with van der Waals surface area (Å²) in [4.78, 5) is 27.6. The lowest BCUT2D eigenvalue weighted by Crippen LogP contribution is -2.37. The summed E-state index contributed by atoms with van der Waals surface area (Å²) in [6.07, 6.45) is 3.47. The molecule has 0 saturated carbocycles. The van der Waals surface area contributed by atoms with E-state index in [1.165, 1.54) is 0 Å². The molecule has 1 heterocycles. The minimum atomic E-state index is -0.801. The van der Waals surface area contributed by atoms with Gasteiger partial charge >= 0.3 is 11.8 Å². The number of rotatable bonds is 4. The smallest absolute Gasteiger partial charge is 0.313 e. The topological polar surface area (TPSA) is 99.8 Å². The van der Waals surface area contributed by atoms with E-state index in [0.29, 0.717) is 24.3 Å². The zero-order valence-electron chi connectivity index (χ0n) is 12.0. The van der Waals surface area contributed by atoms with Crippen LogP contribution < -0.4 is 10.6 Å². The first-order valence-corrected chi connectivity index (χ1v) is 6.68. The largest absolute Gasteiger partial charge is 0.346 e. The average Bonchev–Trinajstić information content (AvgIpc) is 2.93. The summed E-state index contributed by atoms with van der Waals surface area (Å²) in [7, 11) is 0. The second kappa shape index (κ2) is 7.04. The fraction of sp³-hybridized carbons (Fsp3) is 0.200. The Balaban J connectivity index is 1.86. The fourth-order valence-corrected chi connectivity index (χ4v) is 1.88. The predicted molar refractivity (Wildman–Crippen MR) is 79.8 cm³/mol. The molecule has 22 heavy (non-hydrogen) atoms. The molecular weight excluding hydrogens is 282 g/mol. The number of nitrogens with zero attached hydrogens (tertiary/aromatic N) is 3. The van der Waals surface area contributed by atoms with E-state index in [4.69, 9.17) is 5.26 Å². The third-order valence-corrected chi connectivity index (χ3v) is 3.06. The number of hydrogen-bond acceptors (Lipinski definition) is 4. The van der Waals surface area contributed by atoms with Gasteiger partial charge in [0.15, 0.2) is 0 Å². The van der Waals surface area contributed by atoms with E-state index in [9.17, 15) is 9.59 Å². The van der Waals surface area contributed by atoms with Crippen molar-refractivity contribution in [3.63, 3.8) is 0 Å². The van der Waals surface area contributed by atoms with Gasteiger partial charge < -0.3 is 15.2 Å². The summed E-state index contributed by atoms with van der Waals surface area (Å²) in [6, 6.07) is 8.44. The number of amides is 2. The van der Waals surface area contributed by atoms with Crippen molar-refractivity contribution in [2.24, 2.45) is 0 Å². The number of hydrogen-bond donors (Lipinski definition) is 2. The predicted octanol–water partition coefficient (Wildman–Crippen LogP) is 0.818. The van der Waals surface area contributed by atoms with Crippen molar-refractivity contribution in [2.75, 3.05) is 11.9 Å². The molecule has 0 bridgehead atoms. The maximum atomic E-state index is 11.8. The van der Waals surface area contributed by atoms with Crippen LogP contribution in [-0.2, 0) is 16.1 Å². The first-order chi connectivity index (χ1) is 10.6. The van der Waals surface area contributed by atoms with E-state index in [1.807, 2.05) is 17.6 Å². The van der Waals surface area contributed by atoms with Crippen LogP contribution in [0.2, 0.25) is 0 Å². The van der Waals surface area contributed by atoms with Crippen molar-refractivity contribution in [2.45, 2.75) is 13.5 Å². The van der Waals surface area contributed by atoms with Crippen LogP contribution in [0.15, 0.2) is 36.7 Å². The number of nitriles is 1. The molecular formula is C15H15N5O2. The van der Waals surface area contributed by atoms with E-state index in [1.54, 1.807) is 36.7 Å². The van der Waals surface area contributed by atoms with Crippen LogP contribution in [0.5, 0.6) is 0 Å². The Morgan fingerprint density at radius 3 is 2.77 bits per heavy atom. The number of anilines is 1. The van der Waals surface area contributed by atoms with E-state index in [0.717, 1.165) is 5.82 Å². The molecule has 0 radical (unpaired) electrons. The third kappa shape index (κ3) is 3.70. The van der Waals surface area contributed by atoms with Crippen molar-refractivity contribution in [3.8, 4) is 6.07 Å². The van der Waals surface area contributed by atoms with Gasteiger partial charge in [-0.1, -0.05) is 12.1 Å². The van der Waals surface area contributed by atoms with Crippen LogP contribution in [-0.4, -0.2) is 27.9 Å². The number of benzene rings is 1. The molecule has 2 N–H and O–H groups in total. The molecule has 2 aromatic rings. The quantitative estimate of drug-likeness (QED) is 0.816. The Hall–Kier alpha value is -3.14. The van der Waals surface area contributed by atoms with Gasteiger partial charge in [0.05, 0.1) is 11.3 Å². The number of aryl methyl sites for hydroxylation is 1. The molecule has 0 saturated heterocycles. The number of imidazole rings is 1. The lowest BCUT2D eigenvalue weighted by atomic mass is 10.2. The number of carbonyl (C=O) groups is 2. The first-order valence-electron chi connectivity index (χ1n) is 6.68. The monoisotopic (exact) mass is 297 g/mol. The third-order valence-electron chi connectivity index (χ3n) is 3.06. The van der Waals surface area contributed by atoms with Crippen LogP contribution in [0.4, 0.5) is 5.69 Å². The molecule has 0 fully saturated rings. The molecule has 2 amide bonds. The van der Waals surface area contributed by atoms with E-state index in [-0.39, 0.29) is 0 Å². The molecule has 0 aliphatic carbocycles. The molecule has 0 spiro atoms. The number of carbonyl (C=O) groups excluding carboxylic acids is 2.